The van der Waals surface area contributed by atoms with E-state index in [1.807, 2.05) is 6.92 Å². The lowest BCUT2D eigenvalue weighted by molar-refractivity contribution is 0.220. The summed E-state index contributed by atoms with van der Waals surface area (Å²) in [4.78, 5) is 14.7. The van der Waals surface area contributed by atoms with Crippen LogP contribution in [0.1, 0.15) is 19.8 Å². The van der Waals surface area contributed by atoms with Gasteiger partial charge in [-0.1, -0.05) is 0 Å². The van der Waals surface area contributed by atoms with Crippen LogP contribution in [0.5, 0.6) is 12.0 Å². The number of hydrogen-bond donors (Lipinski definition) is 1. The SMILES string of the molecule is CCOc1nc(NC)nc(OCCN2CCCC2)n1. The van der Waals surface area contributed by atoms with Crippen molar-refractivity contribution in [2.45, 2.75) is 19.8 Å². The van der Waals surface area contributed by atoms with Crippen LogP contribution in [0, 0.1) is 0 Å². The van der Waals surface area contributed by atoms with Crippen LogP contribution >= 0.6 is 0 Å². The van der Waals surface area contributed by atoms with E-state index in [1.54, 1.807) is 7.05 Å². The monoisotopic (exact) mass is 267 g/mol. The fourth-order valence-corrected chi connectivity index (χ4v) is 1.98. The molecule has 7 heteroatoms. The maximum absolute atomic E-state index is 5.57. The van der Waals surface area contributed by atoms with Crippen LogP contribution < -0.4 is 14.8 Å². The van der Waals surface area contributed by atoms with Crippen LogP contribution in [-0.2, 0) is 0 Å². The van der Waals surface area contributed by atoms with Crippen LogP contribution in [-0.4, -0.2) is 59.7 Å². The van der Waals surface area contributed by atoms with E-state index in [0.717, 1.165) is 19.6 Å². The Morgan fingerprint density at radius 3 is 2.42 bits per heavy atom. The summed E-state index contributed by atoms with van der Waals surface area (Å²) in [5, 5.41) is 2.87. The third-order valence-corrected chi connectivity index (χ3v) is 2.93. The largest absolute Gasteiger partial charge is 0.464 e. The molecule has 0 aromatic carbocycles. The Bertz CT molecular complexity index is 396. The zero-order valence-electron chi connectivity index (χ0n) is 11.6. The maximum atomic E-state index is 5.57. The number of anilines is 1. The van der Waals surface area contributed by atoms with Crippen molar-refractivity contribution in [3.8, 4) is 12.0 Å². The summed E-state index contributed by atoms with van der Waals surface area (Å²) in [7, 11) is 1.75. The van der Waals surface area contributed by atoms with Gasteiger partial charge in [-0.3, -0.25) is 4.90 Å². The normalized spacial score (nSPS) is 15.5. The molecular formula is C12H21N5O2. The molecule has 19 heavy (non-hydrogen) atoms. The van der Waals surface area contributed by atoms with Gasteiger partial charge in [0.15, 0.2) is 0 Å². The highest BCUT2D eigenvalue weighted by Crippen LogP contribution is 2.13. The fourth-order valence-electron chi connectivity index (χ4n) is 1.98. The Labute approximate surface area is 113 Å². The molecule has 0 saturated carbocycles. The van der Waals surface area contributed by atoms with E-state index in [-0.39, 0.29) is 6.01 Å². The molecule has 1 aliphatic rings. The van der Waals surface area contributed by atoms with Crippen molar-refractivity contribution in [2.75, 3.05) is 45.2 Å². The van der Waals surface area contributed by atoms with Crippen molar-refractivity contribution in [1.82, 2.24) is 19.9 Å². The van der Waals surface area contributed by atoms with Gasteiger partial charge in [0.05, 0.1) is 6.61 Å². The first kappa shape index (κ1) is 13.8. The van der Waals surface area contributed by atoms with Crippen molar-refractivity contribution >= 4 is 5.95 Å². The standard InChI is InChI=1S/C12H21N5O2/c1-3-18-11-14-10(13-2)15-12(16-11)19-9-8-17-6-4-5-7-17/h3-9H2,1-2H3,(H,13,14,15,16). The van der Waals surface area contributed by atoms with Gasteiger partial charge < -0.3 is 14.8 Å². The smallest absolute Gasteiger partial charge is 0.324 e. The van der Waals surface area contributed by atoms with Gasteiger partial charge in [-0.15, -0.1) is 4.98 Å². The summed E-state index contributed by atoms with van der Waals surface area (Å²) in [6, 6.07) is 0.597. The number of aromatic nitrogens is 3. The molecule has 106 valence electrons. The number of nitrogens with zero attached hydrogens (tertiary/aromatic N) is 4. The highest BCUT2D eigenvalue weighted by atomic mass is 16.5. The molecule has 2 heterocycles. The first-order valence-corrected chi connectivity index (χ1v) is 6.73. The Balaban J connectivity index is 1.88. The van der Waals surface area contributed by atoms with E-state index in [1.165, 1.54) is 12.8 Å². The second kappa shape index (κ2) is 7.08. The number of likely N-dealkylation sites (tertiary alicyclic amines) is 1. The Hall–Kier alpha value is -1.63. The average Bonchev–Trinajstić information content (AvgIpc) is 2.92. The van der Waals surface area contributed by atoms with Gasteiger partial charge in [0, 0.05) is 13.6 Å². The Kier molecular flexibility index (Phi) is 5.14. The van der Waals surface area contributed by atoms with Crippen LogP contribution in [0.25, 0.3) is 0 Å². The van der Waals surface area contributed by atoms with Gasteiger partial charge in [-0.2, -0.15) is 9.97 Å². The third kappa shape index (κ3) is 4.20. The molecule has 1 fully saturated rings. The molecule has 2 rings (SSSR count). The van der Waals surface area contributed by atoms with E-state index < -0.39 is 0 Å². The predicted octanol–water partition coefficient (Wildman–Crippen LogP) is 0.787. The molecule has 0 unspecified atom stereocenters. The minimum atomic E-state index is 0.290. The lowest BCUT2D eigenvalue weighted by Crippen LogP contribution is -2.25. The quantitative estimate of drug-likeness (QED) is 0.782. The van der Waals surface area contributed by atoms with Crippen molar-refractivity contribution in [3.63, 3.8) is 0 Å². The Morgan fingerprint density at radius 2 is 1.79 bits per heavy atom. The van der Waals surface area contributed by atoms with E-state index >= 15 is 0 Å². The second-order valence-electron chi connectivity index (χ2n) is 4.30. The van der Waals surface area contributed by atoms with Gasteiger partial charge in [-0.25, -0.2) is 0 Å². The first-order valence-electron chi connectivity index (χ1n) is 6.73. The molecule has 0 aliphatic carbocycles. The number of ether oxygens (including phenoxy) is 2. The minimum Gasteiger partial charge on any atom is -0.464 e. The molecular weight excluding hydrogens is 246 g/mol. The highest BCUT2D eigenvalue weighted by Gasteiger charge is 2.12. The van der Waals surface area contributed by atoms with Gasteiger partial charge in [0.2, 0.25) is 5.95 Å². The van der Waals surface area contributed by atoms with Crippen LogP contribution in [0.3, 0.4) is 0 Å². The summed E-state index contributed by atoms with van der Waals surface area (Å²) in [6.45, 7) is 6.21. The lowest BCUT2D eigenvalue weighted by Gasteiger charge is -2.14. The van der Waals surface area contributed by atoms with Crippen LogP contribution in [0.4, 0.5) is 5.95 Å². The Morgan fingerprint density at radius 1 is 1.11 bits per heavy atom. The average molecular weight is 267 g/mol. The molecule has 1 aromatic rings. The van der Waals surface area contributed by atoms with E-state index in [4.69, 9.17) is 9.47 Å². The topological polar surface area (TPSA) is 72.4 Å². The van der Waals surface area contributed by atoms with Crippen molar-refractivity contribution in [2.24, 2.45) is 0 Å². The maximum Gasteiger partial charge on any atom is 0.324 e. The molecule has 0 bridgehead atoms. The molecule has 0 atom stereocenters. The fraction of sp³-hybridized carbons (Fsp3) is 0.750. The summed E-state index contributed by atoms with van der Waals surface area (Å²) in [5.74, 6) is 0.453. The van der Waals surface area contributed by atoms with Gasteiger partial charge in [-0.05, 0) is 32.9 Å². The molecule has 1 aliphatic heterocycles. The summed E-state index contributed by atoms with van der Waals surface area (Å²) in [6.07, 6.45) is 2.56. The van der Waals surface area contributed by atoms with E-state index in [9.17, 15) is 0 Å². The van der Waals surface area contributed by atoms with Crippen LogP contribution in [0.15, 0.2) is 0 Å². The molecule has 0 radical (unpaired) electrons. The van der Waals surface area contributed by atoms with Crippen molar-refractivity contribution in [3.05, 3.63) is 0 Å². The zero-order chi connectivity index (χ0) is 13.5. The lowest BCUT2D eigenvalue weighted by atomic mass is 10.4. The van der Waals surface area contributed by atoms with Gasteiger partial charge in [0.25, 0.3) is 0 Å². The molecule has 0 spiro atoms. The summed E-state index contributed by atoms with van der Waals surface area (Å²) < 4.78 is 10.8. The zero-order valence-corrected chi connectivity index (χ0v) is 11.6. The minimum absolute atomic E-state index is 0.290. The highest BCUT2D eigenvalue weighted by molar-refractivity contribution is 5.26. The molecule has 0 amide bonds. The number of hydrogen-bond acceptors (Lipinski definition) is 7. The van der Waals surface area contributed by atoms with Crippen molar-refractivity contribution in [1.29, 1.82) is 0 Å². The van der Waals surface area contributed by atoms with Gasteiger partial charge in [0.1, 0.15) is 6.61 Å². The second-order valence-corrected chi connectivity index (χ2v) is 4.30. The third-order valence-electron chi connectivity index (χ3n) is 2.93. The molecule has 1 aromatic heterocycles. The molecule has 7 nitrogen and oxygen atoms in total. The summed E-state index contributed by atoms with van der Waals surface area (Å²) >= 11 is 0. The van der Waals surface area contributed by atoms with Crippen LogP contribution in [0.2, 0.25) is 0 Å². The first-order chi connectivity index (χ1) is 9.31. The number of rotatable bonds is 7. The molecule has 1 saturated heterocycles. The van der Waals surface area contributed by atoms with Gasteiger partial charge >= 0.3 is 12.0 Å². The van der Waals surface area contributed by atoms with E-state index in [0.29, 0.717) is 25.2 Å². The number of nitrogens with one attached hydrogen (secondary N) is 1. The van der Waals surface area contributed by atoms with Crippen molar-refractivity contribution < 1.29 is 9.47 Å². The molecule has 1 N–H and O–H groups in total. The van der Waals surface area contributed by atoms with E-state index in [2.05, 4.69) is 25.2 Å². The predicted molar refractivity (Wildman–Crippen MR) is 71.7 cm³/mol. The summed E-state index contributed by atoms with van der Waals surface area (Å²) in [5.41, 5.74) is 0.